The molecular weight excluding hydrogens is 585 g/mol. The summed E-state index contributed by atoms with van der Waals surface area (Å²) in [5.41, 5.74) is -2.60. The van der Waals surface area contributed by atoms with Crippen molar-refractivity contribution in [1.29, 1.82) is 0 Å². The minimum Gasteiger partial charge on any atom is -0.341 e. The van der Waals surface area contributed by atoms with Gasteiger partial charge in [-0.25, -0.2) is 27.1 Å². The lowest BCUT2D eigenvalue weighted by atomic mass is 9.91. The first-order chi connectivity index (χ1) is 20.4. The summed E-state index contributed by atoms with van der Waals surface area (Å²) in [5, 5.41) is 8.90. The highest BCUT2D eigenvalue weighted by Crippen LogP contribution is 2.42. The maximum Gasteiger partial charge on any atom is 0.416 e. The molecule has 2 aromatic heterocycles. The average Bonchev–Trinajstić information content (AvgIpc) is 3.56. The summed E-state index contributed by atoms with van der Waals surface area (Å²) in [6, 6.07) is 4.99. The van der Waals surface area contributed by atoms with E-state index in [1.165, 1.54) is 35.4 Å². The van der Waals surface area contributed by atoms with Crippen LogP contribution in [0.15, 0.2) is 67.3 Å². The third kappa shape index (κ3) is 5.13. The molecule has 5 aromatic rings. The van der Waals surface area contributed by atoms with Crippen molar-refractivity contribution < 1.29 is 40.3 Å². The van der Waals surface area contributed by atoms with E-state index < -0.39 is 58.8 Å². The monoisotopic (exact) mass is 600 g/mol. The van der Waals surface area contributed by atoms with Gasteiger partial charge in [0.25, 0.3) is 18.2 Å². The lowest BCUT2D eigenvalue weighted by Crippen LogP contribution is -2.22. The molecule has 0 saturated carbocycles. The Morgan fingerprint density at radius 3 is 2.53 bits per heavy atom. The van der Waals surface area contributed by atoms with Crippen LogP contribution in [-0.2, 0) is 6.18 Å². The van der Waals surface area contributed by atoms with E-state index in [2.05, 4.69) is 25.7 Å². The van der Waals surface area contributed by atoms with Crippen molar-refractivity contribution in [3.8, 4) is 11.3 Å². The molecule has 3 aromatic carbocycles. The van der Waals surface area contributed by atoms with Gasteiger partial charge in [0, 0.05) is 33.5 Å². The Bertz CT molecular complexity index is 1940. The van der Waals surface area contributed by atoms with E-state index in [0.29, 0.717) is 17.8 Å². The van der Waals surface area contributed by atoms with Gasteiger partial charge in [0.1, 0.15) is 18.0 Å². The third-order valence-corrected chi connectivity index (χ3v) is 6.78. The van der Waals surface area contributed by atoms with Gasteiger partial charge in [-0.1, -0.05) is 6.07 Å². The maximum atomic E-state index is 14.3. The summed E-state index contributed by atoms with van der Waals surface area (Å²) in [6.07, 6.45) is -3.96. The zero-order valence-electron chi connectivity index (χ0n) is 21.3. The van der Waals surface area contributed by atoms with Crippen molar-refractivity contribution in [2.24, 2.45) is 0 Å². The smallest absolute Gasteiger partial charge is 0.341 e. The largest absolute Gasteiger partial charge is 0.416 e. The van der Waals surface area contributed by atoms with Crippen LogP contribution in [0.1, 0.15) is 55.4 Å². The SMILES string of the molecule is O=C(Nc1cc(-c2cn3ncnc3cn2)cc2c1C(c1cc(F)ccc1C(F)F)NC2=O)c1cc(F)cc(C(F)(F)F)c1. The molecule has 6 rings (SSSR count). The first-order valence-corrected chi connectivity index (χ1v) is 12.3. The normalized spacial score (nSPS) is 14.7. The fourth-order valence-electron chi connectivity index (χ4n) is 4.87. The van der Waals surface area contributed by atoms with E-state index in [-0.39, 0.29) is 39.7 Å². The van der Waals surface area contributed by atoms with Crippen LogP contribution >= 0.6 is 0 Å². The highest BCUT2D eigenvalue weighted by molar-refractivity contribution is 6.08. The topological polar surface area (TPSA) is 101 Å². The maximum absolute atomic E-state index is 14.3. The van der Waals surface area contributed by atoms with Crippen molar-refractivity contribution in [1.82, 2.24) is 24.9 Å². The van der Waals surface area contributed by atoms with Crippen LogP contribution in [-0.4, -0.2) is 31.4 Å². The second kappa shape index (κ2) is 10.2. The fourth-order valence-corrected chi connectivity index (χ4v) is 4.87. The zero-order chi connectivity index (χ0) is 30.6. The summed E-state index contributed by atoms with van der Waals surface area (Å²) in [5.74, 6) is -4.18. The lowest BCUT2D eigenvalue weighted by molar-refractivity contribution is -0.137. The quantitative estimate of drug-likeness (QED) is 0.237. The number of carbonyl (C=O) groups is 2. The first kappa shape index (κ1) is 27.8. The molecule has 8 nitrogen and oxygen atoms in total. The number of carbonyl (C=O) groups excluding carboxylic acids is 2. The van der Waals surface area contributed by atoms with Crippen molar-refractivity contribution in [3.63, 3.8) is 0 Å². The number of hydrogen-bond donors (Lipinski definition) is 2. The molecule has 0 radical (unpaired) electrons. The van der Waals surface area contributed by atoms with Crippen LogP contribution in [0.25, 0.3) is 16.9 Å². The second-order valence-corrected chi connectivity index (χ2v) is 9.48. The highest BCUT2D eigenvalue weighted by atomic mass is 19.4. The Morgan fingerprint density at radius 1 is 1.00 bits per heavy atom. The molecule has 3 heterocycles. The van der Waals surface area contributed by atoms with Crippen molar-refractivity contribution in [2.45, 2.75) is 18.6 Å². The summed E-state index contributed by atoms with van der Waals surface area (Å²) < 4.78 is 97.5. The molecule has 43 heavy (non-hydrogen) atoms. The molecular formula is C28H15F7N6O2. The number of benzene rings is 3. The number of hydrogen-bond acceptors (Lipinski definition) is 5. The number of halogens is 7. The van der Waals surface area contributed by atoms with Gasteiger partial charge >= 0.3 is 6.18 Å². The predicted molar refractivity (Wildman–Crippen MR) is 136 cm³/mol. The molecule has 1 unspecified atom stereocenters. The number of nitrogens with zero attached hydrogens (tertiary/aromatic N) is 4. The molecule has 2 N–H and O–H groups in total. The van der Waals surface area contributed by atoms with E-state index in [1.54, 1.807) is 0 Å². The molecule has 0 aliphatic carbocycles. The van der Waals surface area contributed by atoms with E-state index in [1.807, 2.05) is 0 Å². The fraction of sp³-hybridized carbons (Fsp3) is 0.107. The van der Waals surface area contributed by atoms with Crippen molar-refractivity contribution >= 4 is 23.1 Å². The zero-order valence-corrected chi connectivity index (χ0v) is 21.3. The molecule has 2 amide bonds. The van der Waals surface area contributed by atoms with E-state index >= 15 is 0 Å². The number of fused-ring (bicyclic) bond motifs is 2. The Balaban J connectivity index is 1.52. The molecule has 1 atom stereocenters. The summed E-state index contributed by atoms with van der Waals surface area (Å²) >= 11 is 0. The van der Waals surface area contributed by atoms with Gasteiger partial charge < -0.3 is 10.6 Å². The summed E-state index contributed by atoms with van der Waals surface area (Å²) in [7, 11) is 0. The van der Waals surface area contributed by atoms with Crippen molar-refractivity contribution in [3.05, 3.63) is 112 Å². The van der Waals surface area contributed by atoms with E-state index in [9.17, 15) is 40.3 Å². The number of anilines is 1. The van der Waals surface area contributed by atoms with Gasteiger partial charge in [-0.15, -0.1) is 0 Å². The van der Waals surface area contributed by atoms with Crippen LogP contribution in [0, 0.1) is 11.6 Å². The molecule has 15 heteroatoms. The summed E-state index contributed by atoms with van der Waals surface area (Å²) in [6.45, 7) is 0. The van der Waals surface area contributed by atoms with Crippen LogP contribution in [0.3, 0.4) is 0 Å². The average molecular weight is 600 g/mol. The molecule has 0 saturated heterocycles. The standard InChI is InChI=1S/C28H15F7N6O2/c29-15-1-2-17(25(31)32)18(8-15)24-23-19(27(43)40-24)5-12(21-10-41-22(9-36-21)37-11-38-41)6-20(23)39-26(42)13-3-14(28(33,34)35)7-16(30)4-13/h1-11,24-25H,(H,39,42)(H,40,43). The first-order valence-electron chi connectivity index (χ1n) is 12.3. The Hall–Kier alpha value is -5.34. The van der Waals surface area contributed by atoms with Gasteiger partial charge in [-0.05, 0) is 48.0 Å². The number of nitrogens with one attached hydrogen (secondary N) is 2. The summed E-state index contributed by atoms with van der Waals surface area (Å²) in [4.78, 5) is 34.6. The van der Waals surface area contributed by atoms with Crippen LogP contribution in [0.4, 0.5) is 36.4 Å². The minimum atomic E-state index is -4.96. The Kier molecular flexibility index (Phi) is 6.59. The number of amides is 2. The van der Waals surface area contributed by atoms with E-state index in [4.69, 9.17) is 0 Å². The Morgan fingerprint density at radius 2 is 1.79 bits per heavy atom. The highest BCUT2D eigenvalue weighted by Gasteiger charge is 2.37. The molecule has 0 bridgehead atoms. The van der Waals surface area contributed by atoms with Gasteiger partial charge in [-0.2, -0.15) is 18.3 Å². The molecule has 0 spiro atoms. The van der Waals surface area contributed by atoms with Crippen LogP contribution in [0.2, 0.25) is 0 Å². The van der Waals surface area contributed by atoms with Crippen molar-refractivity contribution in [2.75, 3.05) is 5.32 Å². The van der Waals surface area contributed by atoms with Crippen LogP contribution in [0.5, 0.6) is 0 Å². The molecule has 0 fully saturated rings. The molecule has 1 aliphatic rings. The number of aromatic nitrogens is 4. The number of rotatable bonds is 5. The van der Waals surface area contributed by atoms with Crippen LogP contribution < -0.4 is 10.6 Å². The minimum absolute atomic E-state index is 0.0659. The van der Waals surface area contributed by atoms with Gasteiger partial charge in [-0.3, -0.25) is 14.6 Å². The Labute approximate surface area is 236 Å². The lowest BCUT2D eigenvalue weighted by Gasteiger charge is -2.20. The van der Waals surface area contributed by atoms with Gasteiger partial charge in [0.15, 0.2) is 5.65 Å². The molecule has 1 aliphatic heterocycles. The third-order valence-electron chi connectivity index (χ3n) is 6.78. The number of alkyl halides is 5. The predicted octanol–water partition coefficient (Wildman–Crippen LogP) is 6.11. The molecule has 218 valence electrons. The van der Waals surface area contributed by atoms with Gasteiger partial charge in [0.05, 0.1) is 29.7 Å². The second-order valence-electron chi connectivity index (χ2n) is 9.48. The van der Waals surface area contributed by atoms with Gasteiger partial charge in [0.2, 0.25) is 0 Å². The van der Waals surface area contributed by atoms with E-state index in [0.717, 1.165) is 18.2 Å².